The van der Waals surface area contributed by atoms with Gasteiger partial charge in [0.2, 0.25) is 5.60 Å². The van der Waals surface area contributed by atoms with Gasteiger partial charge in [-0.3, -0.25) is 18.9 Å². The number of esters is 3. The Hall–Kier alpha value is -4.59. The molecule has 4 heterocycles. The number of fused-ring (bicyclic) bond motifs is 1. The lowest BCUT2D eigenvalue weighted by Crippen LogP contribution is -2.51. The molecule has 3 aromatic rings. The van der Waals surface area contributed by atoms with E-state index in [1.165, 1.54) is 29.9 Å². The Bertz CT molecular complexity index is 1920. The molecule has 2 fully saturated rings. The lowest BCUT2D eigenvalue weighted by molar-refractivity contribution is -0.179. The molecule has 2 aliphatic rings. The van der Waals surface area contributed by atoms with Gasteiger partial charge in [-0.05, 0) is 72.7 Å². The number of anilines is 1. The molecule has 54 heavy (non-hydrogen) atoms. The Balaban J connectivity index is 1.55. The molecule has 5 rings (SSSR count). The average Bonchev–Trinajstić information content (AvgIpc) is 3.67. The van der Waals surface area contributed by atoms with E-state index in [9.17, 15) is 24.2 Å². The van der Waals surface area contributed by atoms with Crippen molar-refractivity contribution < 1.29 is 51.7 Å². The summed E-state index contributed by atoms with van der Waals surface area (Å²) in [5.41, 5.74) is 2.34. The molecule has 3 N–H and O–H groups in total. The minimum Gasteiger partial charge on any atom is -0.461 e. The molecular formula is C36H47N6O11P. The van der Waals surface area contributed by atoms with Crippen molar-refractivity contribution in [3.63, 3.8) is 0 Å². The molecule has 0 saturated carbocycles. The van der Waals surface area contributed by atoms with Crippen LogP contribution in [0.15, 0.2) is 48.8 Å². The fourth-order valence-corrected chi connectivity index (χ4v) is 7.08. The summed E-state index contributed by atoms with van der Waals surface area (Å²) in [5.74, 6) is -1.93. The van der Waals surface area contributed by atoms with Gasteiger partial charge in [0.15, 0.2) is 18.0 Å². The van der Waals surface area contributed by atoms with Crippen LogP contribution >= 0.6 is 7.75 Å². The Labute approximate surface area is 313 Å². The molecule has 0 bridgehead atoms. The summed E-state index contributed by atoms with van der Waals surface area (Å²) in [6.45, 7) is 11.1. The normalized spacial score (nSPS) is 23.9. The van der Waals surface area contributed by atoms with Gasteiger partial charge in [-0.1, -0.05) is 18.2 Å². The minimum absolute atomic E-state index is 0.110. The molecule has 1 aromatic carbocycles. The van der Waals surface area contributed by atoms with Gasteiger partial charge >= 0.3 is 25.7 Å². The van der Waals surface area contributed by atoms with Crippen molar-refractivity contribution in [1.29, 1.82) is 5.26 Å². The lowest BCUT2D eigenvalue weighted by atomic mass is 9.92. The van der Waals surface area contributed by atoms with Gasteiger partial charge in [0.25, 0.3) is 0 Å². The topological polar surface area (TPSA) is 225 Å². The van der Waals surface area contributed by atoms with Gasteiger partial charge in [-0.2, -0.15) is 15.4 Å². The number of aromatic nitrogens is 3. The third-order valence-electron chi connectivity index (χ3n) is 8.66. The molecule has 0 aliphatic carbocycles. The molecule has 17 nitrogen and oxygen atoms in total. The fraction of sp³-hybridized carbons (Fsp3) is 0.556. The van der Waals surface area contributed by atoms with Crippen LogP contribution in [-0.2, 0) is 47.2 Å². The number of nitrogens with one attached hydrogen (secondary N) is 1. The molecule has 2 unspecified atom stereocenters. The zero-order valence-corrected chi connectivity index (χ0v) is 32.2. The number of nitrogens with two attached hydrogens (primary N) is 1. The van der Waals surface area contributed by atoms with Crippen molar-refractivity contribution >= 4 is 37.0 Å². The van der Waals surface area contributed by atoms with E-state index in [-0.39, 0.29) is 17.3 Å². The van der Waals surface area contributed by atoms with E-state index in [0.717, 1.165) is 0 Å². The van der Waals surface area contributed by atoms with Crippen LogP contribution in [0.3, 0.4) is 0 Å². The summed E-state index contributed by atoms with van der Waals surface area (Å²) >= 11 is 0. The van der Waals surface area contributed by atoms with Crippen LogP contribution in [-0.4, -0.2) is 82.3 Å². The number of rotatable bonds is 12. The highest BCUT2D eigenvalue weighted by molar-refractivity contribution is 7.52. The van der Waals surface area contributed by atoms with Gasteiger partial charge in [-0.15, -0.1) is 0 Å². The summed E-state index contributed by atoms with van der Waals surface area (Å²) in [6, 6.07) is 12.1. The number of ether oxygens (including phenoxy) is 5. The number of hydrogen-bond donors (Lipinski definition) is 2. The quantitative estimate of drug-likeness (QED) is 0.147. The van der Waals surface area contributed by atoms with Crippen molar-refractivity contribution in [3.05, 3.63) is 54.5 Å². The summed E-state index contributed by atoms with van der Waals surface area (Å²) in [4.78, 5) is 44.3. The second-order valence-electron chi connectivity index (χ2n) is 15.2. The predicted octanol–water partition coefficient (Wildman–Crippen LogP) is 4.46. The number of benzene rings is 1. The average molecular weight is 771 g/mol. The molecule has 2 aliphatic heterocycles. The molecule has 0 spiro atoms. The van der Waals surface area contributed by atoms with Crippen LogP contribution < -0.4 is 15.3 Å². The Kier molecular flexibility index (Phi) is 12.0. The van der Waals surface area contributed by atoms with Crippen molar-refractivity contribution in [2.45, 2.75) is 97.4 Å². The summed E-state index contributed by atoms with van der Waals surface area (Å²) in [5, 5.41) is 17.9. The zero-order chi connectivity index (χ0) is 39.5. The Morgan fingerprint density at radius 3 is 2.31 bits per heavy atom. The largest absolute Gasteiger partial charge is 0.461 e. The highest BCUT2D eigenvalue weighted by atomic mass is 31.2. The first kappa shape index (κ1) is 40.6. The Morgan fingerprint density at radius 2 is 1.69 bits per heavy atom. The second kappa shape index (κ2) is 16.0. The summed E-state index contributed by atoms with van der Waals surface area (Å²) in [7, 11) is -4.60. The van der Waals surface area contributed by atoms with Gasteiger partial charge in [0.05, 0.1) is 29.7 Å². The molecule has 2 saturated heterocycles. The van der Waals surface area contributed by atoms with Crippen molar-refractivity contribution in [3.8, 4) is 11.8 Å². The van der Waals surface area contributed by atoms with Crippen LogP contribution in [0, 0.1) is 22.2 Å². The van der Waals surface area contributed by atoms with Gasteiger partial charge < -0.3 is 33.9 Å². The van der Waals surface area contributed by atoms with Gasteiger partial charge in [-0.25, -0.2) is 14.1 Å². The first-order chi connectivity index (χ1) is 25.4. The predicted molar refractivity (Wildman–Crippen MR) is 191 cm³/mol. The third kappa shape index (κ3) is 9.19. The number of hydrogen-bond acceptors (Lipinski definition) is 15. The van der Waals surface area contributed by atoms with Crippen LogP contribution in [0.2, 0.25) is 0 Å². The fourth-order valence-electron chi connectivity index (χ4n) is 5.56. The first-order valence-electron chi connectivity index (χ1n) is 17.5. The maximum absolute atomic E-state index is 14.6. The van der Waals surface area contributed by atoms with Crippen LogP contribution in [0.4, 0.5) is 5.82 Å². The molecule has 292 valence electrons. The van der Waals surface area contributed by atoms with Gasteiger partial charge in [0, 0.05) is 12.8 Å². The first-order valence-corrected chi connectivity index (χ1v) is 19.0. The number of nitrogen functional groups attached to an aromatic ring is 1. The molecule has 0 radical (unpaired) electrons. The SMILES string of the molecule is CC(NP(=O)(OC[C@@]1(C#N)O[C@@H](c2ccc3c(N)ncnn23)[C@H](OC(=O)C(C)(C)C)[C@@H]1OC(=O)C(C)(C)C)Oc1ccccc1)C(=O)OC1CCOCC1. The van der Waals surface area contributed by atoms with Crippen LogP contribution in [0.1, 0.15) is 73.1 Å². The van der Waals surface area contributed by atoms with Gasteiger partial charge in [0.1, 0.15) is 48.5 Å². The number of carbonyl (C=O) groups excluding carboxylic acids is 3. The molecule has 0 amide bonds. The van der Waals surface area contributed by atoms with Crippen molar-refractivity contribution in [2.75, 3.05) is 25.6 Å². The zero-order valence-electron chi connectivity index (χ0n) is 31.3. The minimum atomic E-state index is -4.60. The van der Waals surface area contributed by atoms with Crippen molar-refractivity contribution in [1.82, 2.24) is 19.7 Å². The van der Waals surface area contributed by atoms with E-state index in [4.69, 9.17) is 38.5 Å². The maximum atomic E-state index is 14.6. The summed E-state index contributed by atoms with van der Waals surface area (Å²) in [6.07, 6.45) is -2.61. The van der Waals surface area contributed by atoms with E-state index in [2.05, 4.69) is 21.2 Å². The third-order valence-corrected chi connectivity index (χ3v) is 10.3. The molecule has 6 atom stereocenters. The number of nitriles is 1. The van der Waals surface area contributed by atoms with Crippen LogP contribution in [0.5, 0.6) is 5.75 Å². The number of carbonyl (C=O) groups is 3. The van der Waals surface area contributed by atoms with Crippen molar-refractivity contribution in [2.24, 2.45) is 10.8 Å². The molecule has 18 heteroatoms. The monoisotopic (exact) mass is 770 g/mol. The second-order valence-corrected chi connectivity index (χ2v) is 16.9. The molecular weight excluding hydrogens is 723 g/mol. The number of para-hydroxylation sites is 1. The van der Waals surface area contributed by atoms with Crippen LogP contribution in [0.25, 0.3) is 5.52 Å². The van der Waals surface area contributed by atoms with E-state index in [0.29, 0.717) is 31.6 Å². The lowest BCUT2D eigenvalue weighted by Gasteiger charge is -2.32. The van der Waals surface area contributed by atoms with E-state index in [1.54, 1.807) is 71.9 Å². The number of nitrogens with zero attached hydrogens (tertiary/aromatic N) is 4. The highest BCUT2D eigenvalue weighted by Crippen LogP contribution is 2.50. The van der Waals surface area contributed by atoms with E-state index < -0.39 is 79.2 Å². The Morgan fingerprint density at radius 1 is 1.04 bits per heavy atom. The highest BCUT2D eigenvalue weighted by Gasteiger charge is 2.63. The van der Waals surface area contributed by atoms with E-state index in [1.807, 2.05) is 0 Å². The van der Waals surface area contributed by atoms with E-state index >= 15 is 0 Å². The summed E-state index contributed by atoms with van der Waals surface area (Å²) < 4.78 is 57.3. The maximum Gasteiger partial charge on any atom is 0.459 e. The smallest absolute Gasteiger partial charge is 0.459 e. The standard InChI is InChI=1S/C36H47N6O11P/c1-22(31(43)49-23-15-17-47-18-16-23)41-54(46,53-24-11-9-8-10-12-24)48-20-36(19-37)29(51-33(45)35(5,6)7)28(50-32(44)34(2,3)4)27(52-36)25-13-14-26-30(38)39-21-40-42(25)26/h8-14,21-23,27-29H,15-18,20H2,1-7H3,(H,41,46)(H2,38,39,40)/t22?,27-,28-,29-,36+,54?/m0/s1. The molecule has 2 aromatic heterocycles.